The predicted octanol–water partition coefficient (Wildman–Crippen LogP) is 2.88. The smallest absolute Gasteiger partial charge is 0.333 e. The van der Waals surface area contributed by atoms with Crippen molar-refractivity contribution in [3.8, 4) is 0 Å². The molecule has 1 saturated heterocycles. The van der Waals surface area contributed by atoms with Crippen molar-refractivity contribution in [1.29, 1.82) is 0 Å². The van der Waals surface area contributed by atoms with Gasteiger partial charge in [0.15, 0.2) is 0 Å². The van der Waals surface area contributed by atoms with E-state index in [2.05, 4.69) is 11.5 Å². The van der Waals surface area contributed by atoms with Gasteiger partial charge in [-0.2, -0.15) is 5.06 Å². The van der Waals surface area contributed by atoms with Crippen molar-refractivity contribution in [2.24, 2.45) is 5.92 Å². The van der Waals surface area contributed by atoms with Crippen LogP contribution >= 0.6 is 0 Å². The standard InChI is InChI=1S/C27H46N2O9/c1-19(2)24(32)37-15-13-35-22(30)9-11-28(21-17-26(5,6)29(34)27(7,8)18-21)12-10-23(31)36-14-16-38-25(33)20(3)4/h20-21,34H,1,9-18H2,2-8H3. The van der Waals surface area contributed by atoms with Gasteiger partial charge in [0.2, 0.25) is 0 Å². The number of carbonyl (C=O) groups is 4. The van der Waals surface area contributed by atoms with E-state index in [0.29, 0.717) is 25.9 Å². The fourth-order valence-electron chi connectivity index (χ4n) is 4.44. The minimum absolute atomic E-state index is 0.00265. The van der Waals surface area contributed by atoms with Crippen molar-refractivity contribution in [3.63, 3.8) is 0 Å². The molecule has 1 heterocycles. The molecule has 1 aliphatic rings. The number of piperidine rings is 1. The van der Waals surface area contributed by atoms with Gasteiger partial charge in [-0.05, 0) is 47.5 Å². The van der Waals surface area contributed by atoms with Crippen LogP contribution in [0.2, 0.25) is 0 Å². The molecule has 0 aromatic rings. The number of carbonyl (C=O) groups excluding carboxylic acids is 4. The number of esters is 4. The van der Waals surface area contributed by atoms with E-state index in [1.165, 1.54) is 12.0 Å². The van der Waals surface area contributed by atoms with Gasteiger partial charge in [0, 0.05) is 35.8 Å². The summed E-state index contributed by atoms with van der Waals surface area (Å²) in [4.78, 5) is 49.7. The second-order valence-corrected chi connectivity index (χ2v) is 11.2. The first kappa shape index (κ1) is 33.5. The van der Waals surface area contributed by atoms with E-state index >= 15 is 0 Å². The first-order chi connectivity index (χ1) is 17.6. The minimum Gasteiger partial charge on any atom is -0.462 e. The van der Waals surface area contributed by atoms with Crippen LogP contribution in [0.15, 0.2) is 12.2 Å². The van der Waals surface area contributed by atoms with E-state index in [1.54, 1.807) is 13.8 Å². The average Bonchev–Trinajstić information content (AvgIpc) is 2.81. The van der Waals surface area contributed by atoms with Crippen molar-refractivity contribution in [2.75, 3.05) is 39.5 Å². The molecule has 0 aromatic carbocycles. The number of hydrogen-bond acceptors (Lipinski definition) is 11. The highest BCUT2D eigenvalue weighted by Gasteiger charge is 2.46. The van der Waals surface area contributed by atoms with E-state index in [0.717, 1.165) is 0 Å². The highest BCUT2D eigenvalue weighted by Crippen LogP contribution is 2.38. The summed E-state index contributed by atoms with van der Waals surface area (Å²) in [6, 6.07) is -0.00693. The Morgan fingerprint density at radius 3 is 1.71 bits per heavy atom. The Kier molecular flexibility index (Phi) is 13.4. The second-order valence-electron chi connectivity index (χ2n) is 11.2. The van der Waals surface area contributed by atoms with Crippen molar-refractivity contribution in [2.45, 2.75) is 91.3 Å². The largest absolute Gasteiger partial charge is 0.462 e. The third-order valence-corrected chi connectivity index (χ3v) is 6.33. The van der Waals surface area contributed by atoms with Gasteiger partial charge in [0.05, 0.1) is 18.8 Å². The molecule has 0 saturated carbocycles. The maximum atomic E-state index is 12.4. The van der Waals surface area contributed by atoms with Gasteiger partial charge in [-0.1, -0.05) is 20.4 Å². The maximum Gasteiger partial charge on any atom is 0.333 e. The lowest BCUT2D eigenvalue weighted by Crippen LogP contribution is -2.63. The average molecular weight is 543 g/mol. The fraction of sp³-hybridized carbons (Fsp3) is 0.778. The first-order valence-electron chi connectivity index (χ1n) is 13.1. The van der Waals surface area contributed by atoms with Gasteiger partial charge < -0.3 is 24.2 Å². The Bertz CT molecular complexity index is 820. The van der Waals surface area contributed by atoms with Gasteiger partial charge >= 0.3 is 23.9 Å². The molecular weight excluding hydrogens is 496 g/mol. The predicted molar refractivity (Wildman–Crippen MR) is 139 cm³/mol. The molecule has 11 nitrogen and oxygen atoms in total. The molecule has 1 fully saturated rings. The molecule has 218 valence electrons. The monoisotopic (exact) mass is 542 g/mol. The van der Waals surface area contributed by atoms with E-state index < -0.39 is 29.0 Å². The van der Waals surface area contributed by atoms with Crippen LogP contribution in [0.1, 0.15) is 74.1 Å². The summed E-state index contributed by atoms with van der Waals surface area (Å²) >= 11 is 0. The summed E-state index contributed by atoms with van der Waals surface area (Å²) in [5, 5.41) is 12.1. The normalized spacial score (nSPS) is 17.2. The number of hydroxylamine groups is 2. The Labute approximate surface area is 226 Å². The molecule has 0 radical (unpaired) electrons. The molecule has 11 heteroatoms. The van der Waals surface area contributed by atoms with Crippen molar-refractivity contribution in [1.82, 2.24) is 9.96 Å². The highest BCUT2D eigenvalue weighted by atomic mass is 16.6. The van der Waals surface area contributed by atoms with Crippen molar-refractivity contribution >= 4 is 23.9 Å². The van der Waals surface area contributed by atoms with Crippen LogP contribution in [0, 0.1) is 5.92 Å². The van der Waals surface area contributed by atoms with Crippen LogP contribution in [-0.2, 0) is 38.1 Å². The van der Waals surface area contributed by atoms with Crippen molar-refractivity contribution in [3.05, 3.63) is 12.2 Å². The Hall–Kier alpha value is -2.50. The lowest BCUT2D eigenvalue weighted by molar-refractivity contribution is -0.252. The molecule has 0 atom stereocenters. The third-order valence-electron chi connectivity index (χ3n) is 6.33. The molecule has 1 rings (SSSR count). The molecule has 1 aliphatic heterocycles. The lowest BCUT2D eigenvalue weighted by atomic mass is 9.78. The summed E-state index contributed by atoms with van der Waals surface area (Å²) in [5.41, 5.74) is -0.764. The van der Waals surface area contributed by atoms with Crippen LogP contribution in [0.3, 0.4) is 0 Å². The molecule has 0 unspecified atom stereocenters. The molecule has 0 aromatic heterocycles. The van der Waals surface area contributed by atoms with E-state index in [1.807, 2.05) is 27.7 Å². The number of hydrogen-bond donors (Lipinski definition) is 1. The molecule has 0 aliphatic carbocycles. The van der Waals surface area contributed by atoms with Crippen molar-refractivity contribution < 1.29 is 43.3 Å². The highest BCUT2D eigenvalue weighted by molar-refractivity contribution is 5.86. The lowest BCUT2D eigenvalue weighted by Gasteiger charge is -2.53. The SMILES string of the molecule is C=C(C)C(=O)OCCOC(=O)CCN(CCC(=O)OCCOC(=O)C(C)C)C1CC(C)(C)N(O)C(C)(C)C1. The topological polar surface area (TPSA) is 132 Å². The zero-order chi connectivity index (χ0) is 29.1. The Morgan fingerprint density at radius 2 is 1.29 bits per heavy atom. The number of ether oxygens (including phenoxy) is 4. The minimum atomic E-state index is -0.544. The Balaban J connectivity index is 2.69. The molecule has 0 bridgehead atoms. The summed E-state index contributed by atoms with van der Waals surface area (Å²) in [7, 11) is 0. The van der Waals surface area contributed by atoms with Crippen LogP contribution in [0.4, 0.5) is 0 Å². The van der Waals surface area contributed by atoms with E-state index in [-0.39, 0.29) is 62.8 Å². The van der Waals surface area contributed by atoms with Crippen LogP contribution in [-0.4, -0.2) is 95.7 Å². The summed E-state index contributed by atoms with van der Waals surface area (Å²) in [6.07, 6.45) is 1.41. The van der Waals surface area contributed by atoms with Gasteiger partial charge in [-0.3, -0.25) is 19.3 Å². The second kappa shape index (κ2) is 15.2. The third kappa shape index (κ3) is 11.5. The van der Waals surface area contributed by atoms with Gasteiger partial charge in [0.1, 0.15) is 26.4 Å². The quantitative estimate of drug-likeness (QED) is 0.142. The molecular formula is C27H46N2O9. The molecule has 38 heavy (non-hydrogen) atoms. The number of nitrogens with zero attached hydrogens (tertiary/aromatic N) is 2. The van der Waals surface area contributed by atoms with Gasteiger partial charge in [-0.15, -0.1) is 0 Å². The fourth-order valence-corrected chi connectivity index (χ4v) is 4.44. The first-order valence-corrected chi connectivity index (χ1v) is 13.1. The van der Waals surface area contributed by atoms with Crippen LogP contribution in [0.5, 0.6) is 0 Å². The molecule has 1 N–H and O–H groups in total. The van der Waals surface area contributed by atoms with E-state index in [4.69, 9.17) is 18.9 Å². The molecule has 0 spiro atoms. The molecule has 0 amide bonds. The maximum absolute atomic E-state index is 12.4. The van der Waals surface area contributed by atoms with E-state index in [9.17, 15) is 24.4 Å². The Morgan fingerprint density at radius 1 is 0.868 bits per heavy atom. The van der Waals surface area contributed by atoms with Crippen LogP contribution in [0.25, 0.3) is 0 Å². The summed E-state index contributed by atoms with van der Waals surface area (Å²) in [5.74, 6) is -2.04. The zero-order valence-corrected chi connectivity index (χ0v) is 24.0. The zero-order valence-electron chi connectivity index (χ0n) is 24.0. The van der Waals surface area contributed by atoms with Gasteiger partial charge in [0.25, 0.3) is 0 Å². The summed E-state index contributed by atoms with van der Waals surface area (Å²) in [6.45, 7) is 16.8. The summed E-state index contributed by atoms with van der Waals surface area (Å²) < 4.78 is 20.3. The van der Waals surface area contributed by atoms with Crippen LogP contribution < -0.4 is 0 Å². The van der Waals surface area contributed by atoms with Gasteiger partial charge in [-0.25, -0.2) is 4.79 Å². The number of rotatable bonds is 15.